The van der Waals surface area contributed by atoms with Crippen LogP contribution in [0.25, 0.3) is 5.70 Å². The van der Waals surface area contributed by atoms with E-state index < -0.39 is 0 Å². The highest BCUT2D eigenvalue weighted by Gasteiger charge is 2.12. The summed E-state index contributed by atoms with van der Waals surface area (Å²) in [6.07, 6.45) is 4.41. The van der Waals surface area contributed by atoms with Gasteiger partial charge in [-0.15, -0.1) is 0 Å². The molecule has 3 rings (SSSR count). The molecule has 2 nitrogen and oxygen atoms in total. The number of hydrogen-bond acceptors (Lipinski definition) is 2. The van der Waals surface area contributed by atoms with Crippen LogP contribution in [0.1, 0.15) is 23.1 Å². The highest BCUT2D eigenvalue weighted by atomic mass is 16.5. The standard InChI is InChI=1S/C18H19NO/c1-13-6-3-4-9-18(13)20-15-10-11-16-14(12-15)7-5-8-17(16)19-2/h3-4,6,8-12,19H,5,7H2,1-2H3. The number of benzene rings is 2. The third-order valence-electron chi connectivity index (χ3n) is 3.72. The average Bonchev–Trinajstić information content (AvgIpc) is 2.49. The lowest BCUT2D eigenvalue weighted by molar-refractivity contribution is 0.478. The van der Waals surface area contributed by atoms with Gasteiger partial charge in [0.1, 0.15) is 11.5 Å². The number of rotatable bonds is 3. The summed E-state index contributed by atoms with van der Waals surface area (Å²) in [7, 11) is 1.97. The van der Waals surface area contributed by atoms with Crippen LogP contribution >= 0.6 is 0 Å². The van der Waals surface area contributed by atoms with Gasteiger partial charge in [-0.05, 0) is 55.2 Å². The van der Waals surface area contributed by atoms with E-state index in [1.807, 2.05) is 31.3 Å². The Hall–Kier alpha value is -2.22. The monoisotopic (exact) mass is 265 g/mol. The summed E-state index contributed by atoms with van der Waals surface area (Å²) in [5, 5.41) is 3.26. The van der Waals surface area contributed by atoms with Crippen LogP contribution in [0.5, 0.6) is 11.5 Å². The molecule has 0 spiro atoms. The Balaban J connectivity index is 1.90. The summed E-state index contributed by atoms with van der Waals surface area (Å²) < 4.78 is 6.00. The second kappa shape index (κ2) is 5.41. The SMILES string of the molecule is CNC1=CCCc2cc(Oc3ccccc3C)ccc21. The molecule has 0 bridgehead atoms. The van der Waals surface area contributed by atoms with Crippen LogP contribution < -0.4 is 10.1 Å². The summed E-state index contributed by atoms with van der Waals surface area (Å²) in [6, 6.07) is 14.4. The number of nitrogens with one attached hydrogen (secondary N) is 1. The summed E-state index contributed by atoms with van der Waals surface area (Å²) in [6.45, 7) is 2.07. The van der Waals surface area contributed by atoms with Gasteiger partial charge in [-0.1, -0.05) is 24.3 Å². The van der Waals surface area contributed by atoms with Crippen LogP contribution in [-0.4, -0.2) is 7.05 Å². The van der Waals surface area contributed by atoms with Crippen molar-refractivity contribution in [2.45, 2.75) is 19.8 Å². The molecule has 1 aliphatic carbocycles. The van der Waals surface area contributed by atoms with Crippen molar-refractivity contribution in [1.29, 1.82) is 0 Å². The first-order valence-electron chi connectivity index (χ1n) is 7.02. The Morgan fingerprint density at radius 3 is 2.75 bits per heavy atom. The van der Waals surface area contributed by atoms with E-state index >= 15 is 0 Å². The molecule has 0 unspecified atom stereocenters. The zero-order valence-electron chi connectivity index (χ0n) is 11.9. The van der Waals surface area contributed by atoms with Crippen molar-refractivity contribution in [2.75, 3.05) is 7.05 Å². The van der Waals surface area contributed by atoms with Crippen LogP contribution in [0, 0.1) is 6.92 Å². The third kappa shape index (κ3) is 2.42. The van der Waals surface area contributed by atoms with Gasteiger partial charge in [0.2, 0.25) is 0 Å². The van der Waals surface area contributed by atoms with Crippen molar-refractivity contribution >= 4 is 5.70 Å². The topological polar surface area (TPSA) is 21.3 Å². The quantitative estimate of drug-likeness (QED) is 0.893. The molecule has 102 valence electrons. The molecule has 0 aromatic heterocycles. The minimum Gasteiger partial charge on any atom is -0.457 e. The fourth-order valence-corrected chi connectivity index (χ4v) is 2.62. The number of allylic oxidation sites excluding steroid dienone is 1. The molecule has 2 aromatic rings. The van der Waals surface area contributed by atoms with Gasteiger partial charge in [0, 0.05) is 18.3 Å². The largest absolute Gasteiger partial charge is 0.457 e. The molecule has 2 aromatic carbocycles. The Morgan fingerprint density at radius 1 is 1.10 bits per heavy atom. The summed E-state index contributed by atoms with van der Waals surface area (Å²) in [4.78, 5) is 0. The van der Waals surface area contributed by atoms with Crippen LogP contribution in [0.15, 0.2) is 48.5 Å². The van der Waals surface area contributed by atoms with Crippen molar-refractivity contribution in [3.8, 4) is 11.5 Å². The van der Waals surface area contributed by atoms with E-state index in [0.29, 0.717) is 0 Å². The van der Waals surface area contributed by atoms with Crippen LogP contribution in [-0.2, 0) is 6.42 Å². The fourth-order valence-electron chi connectivity index (χ4n) is 2.62. The minimum absolute atomic E-state index is 0.912. The maximum atomic E-state index is 6.00. The van der Waals surface area contributed by atoms with E-state index in [1.54, 1.807) is 0 Å². The Bertz CT molecular complexity index is 658. The first kappa shape index (κ1) is 12.8. The highest BCUT2D eigenvalue weighted by Crippen LogP contribution is 2.31. The summed E-state index contributed by atoms with van der Waals surface area (Å²) in [5.41, 5.74) is 5.01. The molecule has 0 saturated heterocycles. The predicted molar refractivity (Wildman–Crippen MR) is 83.1 cm³/mol. The Kier molecular flexibility index (Phi) is 3.46. The third-order valence-corrected chi connectivity index (χ3v) is 3.72. The van der Waals surface area contributed by atoms with Gasteiger partial charge < -0.3 is 10.1 Å². The lowest BCUT2D eigenvalue weighted by atomic mass is 9.94. The minimum atomic E-state index is 0.912. The number of ether oxygens (including phenoxy) is 1. The molecule has 0 aliphatic heterocycles. The number of hydrogen-bond donors (Lipinski definition) is 1. The molecule has 1 N–H and O–H groups in total. The molecule has 0 heterocycles. The zero-order chi connectivity index (χ0) is 13.9. The van der Waals surface area contributed by atoms with Gasteiger partial charge in [-0.25, -0.2) is 0 Å². The molecule has 1 aliphatic rings. The smallest absolute Gasteiger partial charge is 0.130 e. The van der Waals surface area contributed by atoms with Gasteiger partial charge >= 0.3 is 0 Å². The van der Waals surface area contributed by atoms with E-state index in [9.17, 15) is 0 Å². The number of aryl methyl sites for hydroxylation is 2. The molecule has 20 heavy (non-hydrogen) atoms. The van der Waals surface area contributed by atoms with Gasteiger partial charge in [0.15, 0.2) is 0 Å². The van der Waals surface area contributed by atoms with Crippen molar-refractivity contribution < 1.29 is 4.74 Å². The van der Waals surface area contributed by atoms with Gasteiger partial charge in [-0.3, -0.25) is 0 Å². The highest BCUT2D eigenvalue weighted by molar-refractivity contribution is 5.69. The maximum absolute atomic E-state index is 6.00. The lowest BCUT2D eigenvalue weighted by Crippen LogP contribution is -2.10. The Morgan fingerprint density at radius 2 is 1.95 bits per heavy atom. The van der Waals surface area contributed by atoms with Crippen molar-refractivity contribution in [2.24, 2.45) is 0 Å². The van der Waals surface area contributed by atoms with E-state index in [1.165, 1.54) is 16.8 Å². The summed E-state index contributed by atoms with van der Waals surface area (Å²) in [5.74, 6) is 1.84. The van der Waals surface area contributed by atoms with Crippen molar-refractivity contribution in [3.05, 3.63) is 65.2 Å². The zero-order valence-corrected chi connectivity index (χ0v) is 11.9. The predicted octanol–water partition coefficient (Wildman–Crippen LogP) is 4.29. The summed E-state index contributed by atoms with van der Waals surface area (Å²) >= 11 is 0. The number of fused-ring (bicyclic) bond motifs is 1. The molecule has 0 saturated carbocycles. The van der Waals surface area contributed by atoms with Crippen LogP contribution in [0.4, 0.5) is 0 Å². The molecule has 2 heteroatoms. The van der Waals surface area contributed by atoms with Gasteiger partial charge in [0.25, 0.3) is 0 Å². The molecule has 0 amide bonds. The first-order chi connectivity index (χ1) is 9.78. The van der Waals surface area contributed by atoms with Crippen LogP contribution in [0.3, 0.4) is 0 Å². The normalized spacial score (nSPS) is 13.4. The van der Waals surface area contributed by atoms with E-state index in [4.69, 9.17) is 4.74 Å². The maximum Gasteiger partial charge on any atom is 0.130 e. The number of para-hydroxylation sites is 1. The lowest BCUT2D eigenvalue weighted by Gasteiger charge is -2.19. The van der Waals surface area contributed by atoms with E-state index in [-0.39, 0.29) is 0 Å². The average molecular weight is 265 g/mol. The molecule has 0 atom stereocenters. The van der Waals surface area contributed by atoms with Crippen LogP contribution in [0.2, 0.25) is 0 Å². The van der Waals surface area contributed by atoms with E-state index in [2.05, 4.69) is 36.5 Å². The first-order valence-corrected chi connectivity index (χ1v) is 7.02. The second-order valence-electron chi connectivity index (χ2n) is 5.09. The molecular weight excluding hydrogens is 246 g/mol. The van der Waals surface area contributed by atoms with Gasteiger partial charge in [-0.2, -0.15) is 0 Å². The van der Waals surface area contributed by atoms with Crippen molar-refractivity contribution in [1.82, 2.24) is 5.32 Å². The van der Waals surface area contributed by atoms with Crippen molar-refractivity contribution in [3.63, 3.8) is 0 Å². The Labute approximate surface area is 120 Å². The fraction of sp³-hybridized carbons (Fsp3) is 0.222. The van der Waals surface area contributed by atoms with E-state index in [0.717, 1.165) is 29.9 Å². The van der Waals surface area contributed by atoms with Gasteiger partial charge in [0.05, 0.1) is 0 Å². The molecule has 0 radical (unpaired) electrons. The molecule has 0 fully saturated rings. The second-order valence-corrected chi connectivity index (χ2v) is 5.09. The molecular formula is C18H19NO.